The Balaban J connectivity index is 1.74. The van der Waals surface area contributed by atoms with E-state index in [4.69, 9.17) is 0 Å². The van der Waals surface area contributed by atoms with Crippen molar-refractivity contribution in [3.63, 3.8) is 0 Å². The van der Waals surface area contributed by atoms with Crippen molar-refractivity contribution in [1.29, 1.82) is 0 Å². The molecule has 23 heavy (non-hydrogen) atoms. The summed E-state index contributed by atoms with van der Waals surface area (Å²) in [6.45, 7) is -0.173. The van der Waals surface area contributed by atoms with Gasteiger partial charge >= 0.3 is 0 Å². The minimum Gasteiger partial charge on any atom is -0.350 e. The Kier molecular flexibility index (Phi) is 5.80. The van der Waals surface area contributed by atoms with Crippen molar-refractivity contribution < 1.29 is 18.4 Å². The minimum atomic E-state index is -0.430. The predicted octanol–water partition coefficient (Wildman–Crippen LogP) is 1.94. The number of carbonyl (C=O) groups excluding carboxylic acids is 2. The Morgan fingerprint density at radius 2 is 1.70 bits per heavy atom. The summed E-state index contributed by atoms with van der Waals surface area (Å²) in [4.78, 5) is 23.3. The van der Waals surface area contributed by atoms with Gasteiger partial charge in [-0.1, -0.05) is 30.3 Å². The second-order valence-electron chi connectivity index (χ2n) is 4.95. The van der Waals surface area contributed by atoms with Crippen LogP contribution < -0.4 is 10.6 Å². The van der Waals surface area contributed by atoms with Crippen molar-refractivity contribution in [3.8, 4) is 0 Å². The van der Waals surface area contributed by atoms with Crippen LogP contribution in [0.15, 0.2) is 48.5 Å². The molecule has 0 atom stereocenters. The molecule has 0 saturated carbocycles. The summed E-state index contributed by atoms with van der Waals surface area (Å²) in [6.07, 6.45) is -0.0155. The molecule has 0 fully saturated rings. The Labute approximate surface area is 132 Å². The lowest BCUT2D eigenvalue weighted by Gasteiger charge is -2.08. The molecule has 0 aliphatic carbocycles. The van der Waals surface area contributed by atoms with Gasteiger partial charge in [-0.05, 0) is 23.8 Å². The first-order valence-electron chi connectivity index (χ1n) is 7.06. The Bertz CT molecular complexity index is 704. The molecular weight excluding hydrogens is 302 g/mol. The molecule has 0 radical (unpaired) electrons. The zero-order valence-corrected chi connectivity index (χ0v) is 12.3. The average molecular weight is 318 g/mol. The maximum absolute atomic E-state index is 13.4. The van der Waals surface area contributed by atoms with Crippen LogP contribution >= 0.6 is 0 Å². The van der Waals surface area contributed by atoms with Gasteiger partial charge in [0.1, 0.15) is 11.6 Å². The van der Waals surface area contributed by atoms with E-state index in [9.17, 15) is 18.4 Å². The van der Waals surface area contributed by atoms with E-state index in [0.717, 1.165) is 0 Å². The molecular formula is C17H16F2N2O2. The standard InChI is InChI=1S/C17H16F2N2O2/c18-14-6-3-4-12(8-14)9-16(22)21-11-17(23)20-10-13-5-1-2-7-15(13)19/h1-8H,9-11H2,(H,20,23)(H,21,22). The van der Waals surface area contributed by atoms with Crippen LogP contribution in [0.5, 0.6) is 0 Å². The number of hydrogen-bond donors (Lipinski definition) is 2. The van der Waals surface area contributed by atoms with Gasteiger partial charge in [0.05, 0.1) is 13.0 Å². The molecule has 0 aliphatic heterocycles. The zero-order chi connectivity index (χ0) is 16.7. The maximum Gasteiger partial charge on any atom is 0.239 e. The van der Waals surface area contributed by atoms with E-state index in [-0.39, 0.29) is 19.5 Å². The van der Waals surface area contributed by atoms with E-state index in [2.05, 4.69) is 10.6 Å². The summed E-state index contributed by atoms with van der Waals surface area (Å²) in [6, 6.07) is 11.8. The van der Waals surface area contributed by atoms with Gasteiger partial charge < -0.3 is 10.6 Å². The van der Waals surface area contributed by atoms with E-state index in [0.29, 0.717) is 11.1 Å². The summed E-state index contributed by atoms with van der Waals surface area (Å²) >= 11 is 0. The lowest BCUT2D eigenvalue weighted by atomic mass is 10.1. The Hall–Kier alpha value is -2.76. The summed E-state index contributed by atoms with van der Waals surface area (Å²) in [5.41, 5.74) is 0.890. The number of halogens is 2. The fourth-order valence-corrected chi connectivity index (χ4v) is 1.97. The van der Waals surface area contributed by atoms with Crippen molar-refractivity contribution in [2.45, 2.75) is 13.0 Å². The van der Waals surface area contributed by atoms with Crippen LogP contribution in [0.2, 0.25) is 0 Å². The third-order valence-electron chi connectivity index (χ3n) is 3.13. The zero-order valence-electron chi connectivity index (χ0n) is 12.3. The molecule has 2 aromatic rings. The Morgan fingerprint density at radius 1 is 0.913 bits per heavy atom. The lowest BCUT2D eigenvalue weighted by molar-refractivity contribution is -0.125. The topological polar surface area (TPSA) is 58.2 Å². The van der Waals surface area contributed by atoms with Gasteiger partial charge in [-0.2, -0.15) is 0 Å². The van der Waals surface area contributed by atoms with Gasteiger partial charge in [0.25, 0.3) is 0 Å². The van der Waals surface area contributed by atoms with E-state index < -0.39 is 23.4 Å². The van der Waals surface area contributed by atoms with Crippen LogP contribution in [0.25, 0.3) is 0 Å². The first-order chi connectivity index (χ1) is 11.0. The molecule has 120 valence electrons. The highest BCUT2D eigenvalue weighted by atomic mass is 19.1. The van der Waals surface area contributed by atoms with Crippen LogP contribution in [0.3, 0.4) is 0 Å². The first kappa shape index (κ1) is 16.6. The van der Waals surface area contributed by atoms with Gasteiger partial charge in [-0.3, -0.25) is 9.59 Å². The third kappa shape index (κ3) is 5.50. The fraction of sp³-hybridized carbons (Fsp3) is 0.176. The smallest absolute Gasteiger partial charge is 0.239 e. The molecule has 0 unspecified atom stereocenters. The summed E-state index contributed by atoms with van der Waals surface area (Å²) in [7, 11) is 0. The van der Waals surface area contributed by atoms with E-state index in [1.165, 1.54) is 24.3 Å². The molecule has 0 bridgehead atoms. The number of carbonyl (C=O) groups is 2. The monoisotopic (exact) mass is 318 g/mol. The van der Waals surface area contributed by atoms with Gasteiger partial charge in [0.15, 0.2) is 0 Å². The highest BCUT2D eigenvalue weighted by Crippen LogP contribution is 2.05. The average Bonchev–Trinajstić information content (AvgIpc) is 2.52. The number of rotatable bonds is 6. The molecule has 2 amide bonds. The molecule has 0 saturated heterocycles. The number of benzene rings is 2. The van der Waals surface area contributed by atoms with Gasteiger partial charge in [-0.25, -0.2) is 8.78 Å². The summed E-state index contributed by atoms with van der Waals surface area (Å²) in [5, 5.41) is 4.95. The van der Waals surface area contributed by atoms with Crippen molar-refractivity contribution in [1.82, 2.24) is 10.6 Å². The molecule has 2 rings (SSSR count). The largest absolute Gasteiger partial charge is 0.350 e. The quantitative estimate of drug-likeness (QED) is 0.855. The van der Waals surface area contributed by atoms with Crippen LogP contribution in [0.4, 0.5) is 8.78 Å². The van der Waals surface area contributed by atoms with Crippen LogP contribution in [0.1, 0.15) is 11.1 Å². The van der Waals surface area contributed by atoms with Crippen LogP contribution in [-0.4, -0.2) is 18.4 Å². The second kappa shape index (κ2) is 8.03. The number of amides is 2. The SMILES string of the molecule is O=C(CNC(=O)Cc1cccc(F)c1)NCc1ccccc1F. The maximum atomic E-state index is 13.4. The normalized spacial score (nSPS) is 10.2. The van der Waals surface area contributed by atoms with Crippen molar-refractivity contribution in [3.05, 3.63) is 71.3 Å². The van der Waals surface area contributed by atoms with E-state index >= 15 is 0 Å². The van der Waals surface area contributed by atoms with Crippen molar-refractivity contribution >= 4 is 11.8 Å². The molecule has 0 aromatic heterocycles. The van der Waals surface area contributed by atoms with Gasteiger partial charge in [0, 0.05) is 12.1 Å². The molecule has 4 nitrogen and oxygen atoms in total. The molecule has 0 heterocycles. The molecule has 0 aliphatic rings. The van der Waals surface area contributed by atoms with Gasteiger partial charge in [-0.15, -0.1) is 0 Å². The predicted molar refractivity (Wildman–Crippen MR) is 81.4 cm³/mol. The van der Waals surface area contributed by atoms with Crippen LogP contribution in [0, 0.1) is 11.6 Å². The molecule has 6 heteroatoms. The van der Waals surface area contributed by atoms with Gasteiger partial charge in [0.2, 0.25) is 11.8 Å². The van der Waals surface area contributed by atoms with Crippen molar-refractivity contribution in [2.24, 2.45) is 0 Å². The second-order valence-corrected chi connectivity index (χ2v) is 4.95. The third-order valence-corrected chi connectivity index (χ3v) is 3.13. The number of nitrogens with one attached hydrogen (secondary N) is 2. The van der Waals surface area contributed by atoms with Crippen molar-refractivity contribution in [2.75, 3.05) is 6.54 Å². The molecule has 0 spiro atoms. The minimum absolute atomic E-state index is 0.0155. The highest BCUT2D eigenvalue weighted by Gasteiger charge is 2.08. The first-order valence-corrected chi connectivity index (χ1v) is 7.06. The van der Waals surface area contributed by atoms with Crippen LogP contribution in [-0.2, 0) is 22.6 Å². The summed E-state index contributed by atoms with van der Waals surface area (Å²) < 4.78 is 26.4. The lowest BCUT2D eigenvalue weighted by Crippen LogP contribution is -2.37. The highest BCUT2D eigenvalue weighted by molar-refractivity contribution is 5.85. The molecule has 2 N–H and O–H groups in total. The van der Waals surface area contributed by atoms with E-state index in [1.807, 2.05) is 0 Å². The molecule has 2 aromatic carbocycles. The number of hydrogen-bond acceptors (Lipinski definition) is 2. The fourth-order valence-electron chi connectivity index (χ4n) is 1.97. The summed E-state index contributed by atoms with van der Waals surface area (Å²) in [5.74, 6) is -1.64. The Morgan fingerprint density at radius 3 is 2.43 bits per heavy atom. The van der Waals surface area contributed by atoms with E-state index in [1.54, 1.807) is 24.3 Å².